The summed E-state index contributed by atoms with van der Waals surface area (Å²) < 4.78 is 62.4. The number of piperazine rings is 1. The Balaban J connectivity index is 1.50. The summed E-state index contributed by atoms with van der Waals surface area (Å²) in [7, 11) is 3.39. The number of halogens is 3. The first-order valence-corrected chi connectivity index (χ1v) is 16.7. The summed E-state index contributed by atoms with van der Waals surface area (Å²) in [5.41, 5.74) is 3.76. The van der Waals surface area contributed by atoms with Crippen LogP contribution in [0.3, 0.4) is 0 Å². The zero-order valence-corrected chi connectivity index (χ0v) is 29.1. The number of phenolic OH excluding ortho intramolecular Hbond substituents is 1. The molecule has 0 spiro atoms. The summed E-state index contributed by atoms with van der Waals surface area (Å²) in [6, 6.07) is -0.179. The number of amides is 2. The second-order valence-electron chi connectivity index (χ2n) is 13.4. The lowest BCUT2D eigenvalue weighted by atomic mass is 9.71. The van der Waals surface area contributed by atoms with Gasteiger partial charge in [-0.3, -0.25) is 24.2 Å². The lowest BCUT2D eigenvalue weighted by Crippen LogP contribution is -2.69. The number of phenols is 1. The fraction of sp³-hybridized carbons (Fsp3) is 0.543. The number of rotatable bonds is 8. The van der Waals surface area contributed by atoms with Crippen LogP contribution in [0, 0.1) is 25.2 Å². The molecule has 0 aliphatic carbocycles. The van der Waals surface area contributed by atoms with Gasteiger partial charge in [0.05, 0.1) is 25.3 Å². The number of carbonyl (C=O) groups is 3. The Hall–Kier alpha value is -4.75. The number of aromatic hydroxyl groups is 1. The Labute approximate surface area is 292 Å². The van der Waals surface area contributed by atoms with Crippen LogP contribution in [0.2, 0.25) is 0 Å². The Morgan fingerprint density at radius 1 is 1.14 bits per heavy atom. The maximum absolute atomic E-state index is 13.2. The van der Waals surface area contributed by atoms with Gasteiger partial charge in [0.2, 0.25) is 12.7 Å². The molecule has 51 heavy (non-hydrogen) atoms. The molecular formula is C35H40F3N5O8. The summed E-state index contributed by atoms with van der Waals surface area (Å²) in [4.78, 5) is 41.8. The van der Waals surface area contributed by atoms with Gasteiger partial charge in [-0.2, -0.15) is 18.4 Å². The largest absolute Gasteiger partial charge is 0.507 e. The zero-order chi connectivity index (χ0) is 37.1. The number of nitrogens with one attached hydrogen (secondary N) is 2. The molecule has 2 bridgehead atoms. The predicted octanol–water partition coefficient (Wildman–Crippen LogP) is 3.41. The van der Waals surface area contributed by atoms with Gasteiger partial charge >= 0.3 is 18.1 Å². The lowest BCUT2D eigenvalue weighted by Gasteiger charge is -2.60. The van der Waals surface area contributed by atoms with Gasteiger partial charge in [-0.15, -0.1) is 0 Å². The number of aryl methyl sites for hydroxylation is 1. The molecule has 0 radical (unpaired) electrons. The van der Waals surface area contributed by atoms with E-state index in [1.807, 2.05) is 31.9 Å². The third kappa shape index (κ3) is 5.95. The van der Waals surface area contributed by atoms with Gasteiger partial charge < -0.3 is 34.7 Å². The van der Waals surface area contributed by atoms with E-state index in [1.165, 1.54) is 7.11 Å². The Morgan fingerprint density at radius 3 is 2.49 bits per heavy atom. The van der Waals surface area contributed by atoms with Crippen molar-refractivity contribution in [3.05, 3.63) is 39.4 Å². The molecule has 1 unspecified atom stereocenters. The average molecular weight is 716 g/mol. The van der Waals surface area contributed by atoms with Crippen LogP contribution in [0.25, 0.3) is 0 Å². The number of methoxy groups -OCH3 is 1. The highest BCUT2D eigenvalue weighted by molar-refractivity contribution is 5.89. The Kier molecular flexibility index (Phi) is 9.49. The second-order valence-corrected chi connectivity index (χ2v) is 13.4. The van der Waals surface area contributed by atoms with Crippen molar-refractivity contribution in [1.29, 1.82) is 5.26 Å². The minimum atomic E-state index is -5.18. The van der Waals surface area contributed by atoms with Gasteiger partial charge in [-0.05, 0) is 58.2 Å². The number of ether oxygens (including phenoxy) is 4. The Bertz CT molecular complexity index is 1830. The number of nitriles is 1. The van der Waals surface area contributed by atoms with E-state index in [0.717, 1.165) is 18.1 Å². The van der Waals surface area contributed by atoms with Gasteiger partial charge in [0.1, 0.15) is 17.8 Å². The number of benzene rings is 2. The number of hydrogen-bond donors (Lipinski definition) is 3. The van der Waals surface area contributed by atoms with Crippen molar-refractivity contribution in [3.8, 4) is 34.8 Å². The van der Waals surface area contributed by atoms with E-state index >= 15 is 0 Å². The van der Waals surface area contributed by atoms with E-state index in [-0.39, 0.29) is 43.7 Å². The van der Waals surface area contributed by atoms with Gasteiger partial charge in [0.25, 0.3) is 0 Å². The number of esters is 1. The van der Waals surface area contributed by atoms with Gasteiger partial charge in [0, 0.05) is 47.3 Å². The fourth-order valence-electron chi connectivity index (χ4n) is 8.18. The third-order valence-corrected chi connectivity index (χ3v) is 10.4. The predicted molar refractivity (Wildman–Crippen MR) is 173 cm³/mol. The highest BCUT2D eigenvalue weighted by Crippen LogP contribution is 2.58. The van der Waals surface area contributed by atoms with Gasteiger partial charge in [0.15, 0.2) is 23.0 Å². The minimum absolute atomic E-state index is 0.0542. The topological polar surface area (TPSA) is 163 Å². The molecule has 2 aromatic carbocycles. The van der Waals surface area contributed by atoms with E-state index in [1.54, 1.807) is 12.2 Å². The van der Waals surface area contributed by atoms with Crippen molar-refractivity contribution < 1.29 is 51.6 Å². The van der Waals surface area contributed by atoms with Crippen LogP contribution in [0.15, 0.2) is 6.07 Å². The minimum Gasteiger partial charge on any atom is -0.507 e. The van der Waals surface area contributed by atoms with E-state index in [4.69, 9.17) is 18.9 Å². The molecule has 274 valence electrons. The number of alkyl halides is 3. The number of fused-ring (bicyclic) bond motifs is 9. The first kappa shape index (κ1) is 36.1. The van der Waals surface area contributed by atoms with Crippen LogP contribution < -0.4 is 29.6 Å². The second kappa shape index (κ2) is 13.4. The number of carbonyl (C=O) groups excluding carboxylic acids is 3. The van der Waals surface area contributed by atoms with E-state index in [2.05, 4.69) is 16.3 Å². The highest BCUT2D eigenvalue weighted by atomic mass is 19.4. The number of nitrogens with zero attached hydrogens (tertiary/aromatic N) is 3. The molecule has 2 aromatic rings. The van der Waals surface area contributed by atoms with Crippen LogP contribution in [0.4, 0.5) is 13.2 Å². The van der Waals surface area contributed by atoms with Crippen molar-refractivity contribution in [1.82, 2.24) is 20.4 Å². The molecule has 1 fully saturated rings. The molecule has 13 nitrogen and oxygen atoms in total. The fourth-order valence-corrected chi connectivity index (χ4v) is 8.18. The monoisotopic (exact) mass is 715 g/mol. The van der Waals surface area contributed by atoms with Crippen LogP contribution in [-0.4, -0.2) is 90.5 Å². The molecule has 4 heterocycles. The van der Waals surface area contributed by atoms with Crippen molar-refractivity contribution in [3.63, 3.8) is 0 Å². The van der Waals surface area contributed by atoms with Crippen molar-refractivity contribution in [2.24, 2.45) is 0 Å². The van der Waals surface area contributed by atoms with Crippen LogP contribution in [0.1, 0.15) is 72.2 Å². The molecule has 1 saturated heterocycles. The van der Waals surface area contributed by atoms with Gasteiger partial charge in [-0.25, -0.2) is 0 Å². The molecule has 0 saturated carbocycles. The third-order valence-electron chi connectivity index (χ3n) is 10.4. The Morgan fingerprint density at radius 2 is 1.84 bits per heavy atom. The zero-order valence-electron chi connectivity index (χ0n) is 29.1. The lowest BCUT2D eigenvalue weighted by molar-refractivity contribution is -0.174. The van der Waals surface area contributed by atoms with Crippen molar-refractivity contribution in [2.75, 3.05) is 27.5 Å². The van der Waals surface area contributed by atoms with Crippen LogP contribution in [-0.2, 0) is 27.2 Å². The maximum atomic E-state index is 13.2. The van der Waals surface area contributed by atoms with Crippen LogP contribution in [0.5, 0.6) is 28.7 Å². The normalized spacial score (nSPS) is 24.0. The molecule has 4 aliphatic heterocycles. The molecular weight excluding hydrogens is 675 g/mol. The molecule has 0 aromatic heterocycles. The summed E-state index contributed by atoms with van der Waals surface area (Å²) in [5.74, 6) is -2.30. The number of likely N-dealkylation sites (N-methyl/N-ethyl adjacent to an activating group) is 1. The quantitative estimate of drug-likeness (QED) is 0.271. The smallest absolute Gasteiger partial charge is 0.471 e. The van der Waals surface area contributed by atoms with Gasteiger partial charge in [-0.1, -0.05) is 13.0 Å². The summed E-state index contributed by atoms with van der Waals surface area (Å²) in [6.45, 7) is 6.18. The summed E-state index contributed by atoms with van der Waals surface area (Å²) >= 11 is 0. The first-order valence-electron chi connectivity index (χ1n) is 16.7. The van der Waals surface area contributed by atoms with E-state index in [9.17, 15) is 37.9 Å². The summed E-state index contributed by atoms with van der Waals surface area (Å²) in [6.07, 6.45) is -3.83. The molecule has 16 heteroatoms. The van der Waals surface area contributed by atoms with E-state index in [0.29, 0.717) is 52.3 Å². The maximum Gasteiger partial charge on any atom is 0.471 e. The number of hydrogen-bond acceptors (Lipinski definition) is 11. The SMILES string of the molecule is CCCC(=O)Oc1c(OC)c(C)cc2c1[C@H]1C3Cc4c(O)c(C)c5c(c4[C@H](CNC(=O)[C@H](C)NC(=O)C(F)(F)F)N3[C@@H](C#N)[C@H](C2)N1C)OCO5. The van der Waals surface area contributed by atoms with E-state index < -0.39 is 54.2 Å². The van der Waals surface area contributed by atoms with Crippen molar-refractivity contribution in [2.45, 2.75) is 95.8 Å². The molecule has 6 atom stereocenters. The standard InChI is InChI=1S/C35H40F3N5O8/c1-7-8-24(44)51-32-25-18(9-15(2)29(32)48-6)10-20-22(12-39)43-21(27(25)42(20)5)11-19-26(31-30(49-14-50-31)16(3)28(19)45)23(43)13-40-33(46)17(4)41-34(47)35(36,37)38/h9,17,20-23,27,45H,7-8,10-11,13-14H2,1-6H3,(H,40,46)(H,41,47)/t17-,20-,21?,22-,23-,27+/m0/s1. The van der Waals surface area contributed by atoms with Crippen LogP contribution >= 0.6 is 0 Å². The van der Waals surface area contributed by atoms with Crippen molar-refractivity contribution >= 4 is 17.8 Å². The summed E-state index contributed by atoms with van der Waals surface area (Å²) in [5, 5.41) is 26.8. The molecule has 2 amide bonds. The highest BCUT2D eigenvalue weighted by Gasteiger charge is 2.57. The molecule has 3 N–H and O–H groups in total. The first-order chi connectivity index (χ1) is 24.1. The average Bonchev–Trinajstić information content (AvgIpc) is 3.56. The molecule has 4 aliphatic rings. The molecule has 6 rings (SSSR count).